The van der Waals surface area contributed by atoms with Gasteiger partial charge in [-0.25, -0.2) is 8.78 Å². The minimum absolute atomic E-state index is 0.00524. The summed E-state index contributed by atoms with van der Waals surface area (Å²) in [5.74, 6) is -1.10. The summed E-state index contributed by atoms with van der Waals surface area (Å²) in [6.45, 7) is -0.0644. The second-order valence-electron chi connectivity index (χ2n) is 4.08. The lowest BCUT2D eigenvalue weighted by molar-refractivity contribution is 0.298. The molecule has 0 unspecified atom stereocenters. The first-order valence-electron chi connectivity index (χ1n) is 5.68. The summed E-state index contributed by atoms with van der Waals surface area (Å²) in [4.78, 5) is 0. The quantitative estimate of drug-likeness (QED) is 0.670. The maximum atomic E-state index is 13.7. The molecular formula is C14H11ClF2N2O. The van der Waals surface area contributed by atoms with E-state index < -0.39 is 11.6 Å². The van der Waals surface area contributed by atoms with Crippen molar-refractivity contribution in [1.29, 1.82) is 5.41 Å². The van der Waals surface area contributed by atoms with E-state index in [9.17, 15) is 8.78 Å². The van der Waals surface area contributed by atoms with Crippen LogP contribution >= 0.6 is 11.6 Å². The third-order valence-electron chi connectivity index (χ3n) is 2.65. The number of halogens is 3. The zero-order valence-electron chi connectivity index (χ0n) is 10.3. The fourth-order valence-corrected chi connectivity index (χ4v) is 1.68. The molecule has 0 saturated heterocycles. The summed E-state index contributed by atoms with van der Waals surface area (Å²) in [5.41, 5.74) is 5.84. The summed E-state index contributed by atoms with van der Waals surface area (Å²) >= 11 is 5.55. The Labute approximate surface area is 119 Å². The fourth-order valence-electron chi connectivity index (χ4n) is 1.56. The van der Waals surface area contributed by atoms with Crippen LogP contribution in [0.4, 0.5) is 8.78 Å². The topological polar surface area (TPSA) is 59.1 Å². The zero-order valence-corrected chi connectivity index (χ0v) is 11.0. The third kappa shape index (κ3) is 3.24. The Morgan fingerprint density at radius 1 is 1.15 bits per heavy atom. The summed E-state index contributed by atoms with van der Waals surface area (Å²) in [5, 5.41) is 7.20. The first kappa shape index (κ1) is 14.3. The summed E-state index contributed by atoms with van der Waals surface area (Å²) in [6, 6.07) is 8.13. The Kier molecular flexibility index (Phi) is 4.20. The van der Waals surface area contributed by atoms with Crippen LogP contribution in [0.5, 0.6) is 5.75 Å². The predicted molar refractivity (Wildman–Crippen MR) is 73.2 cm³/mol. The number of rotatable bonds is 4. The van der Waals surface area contributed by atoms with Crippen molar-refractivity contribution in [2.45, 2.75) is 6.61 Å². The molecule has 6 heteroatoms. The zero-order chi connectivity index (χ0) is 14.7. The van der Waals surface area contributed by atoms with Crippen molar-refractivity contribution < 1.29 is 13.5 Å². The molecule has 2 rings (SSSR count). The van der Waals surface area contributed by atoms with Crippen LogP contribution in [0.2, 0.25) is 5.02 Å². The number of benzene rings is 2. The van der Waals surface area contributed by atoms with Crippen molar-refractivity contribution in [3.05, 3.63) is 64.2 Å². The van der Waals surface area contributed by atoms with Gasteiger partial charge in [-0.3, -0.25) is 5.41 Å². The second-order valence-corrected chi connectivity index (χ2v) is 4.49. The van der Waals surface area contributed by atoms with Crippen LogP contribution in [0.15, 0.2) is 36.4 Å². The van der Waals surface area contributed by atoms with Gasteiger partial charge in [-0.15, -0.1) is 0 Å². The van der Waals surface area contributed by atoms with Crippen molar-refractivity contribution in [3.63, 3.8) is 0 Å². The molecule has 3 N–H and O–H groups in total. The van der Waals surface area contributed by atoms with E-state index in [-0.39, 0.29) is 28.8 Å². The highest BCUT2D eigenvalue weighted by Crippen LogP contribution is 2.21. The van der Waals surface area contributed by atoms with Crippen LogP contribution < -0.4 is 10.5 Å². The molecule has 0 aliphatic rings. The normalized spacial score (nSPS) is 10.3. The highest BCUT2D eigenvalue weighted by Gasteiger charge is 2.07. The summed E-state index contributed by atoms with van der Waals surface area (Å²) in [7, 11) is 0. The number of ether oxygens (including phenoxy) is 1. The van der Waals surface area contributed by atoms with E-state index in [0.29, 0.717) is 5.56 Å². The molecular weight excluding hydrogens is 286 g/mol. The molecule has 0 aromatic heterocycles. The smallest absolute Gasteiger partial charge is 0.145 e. The largest absolute Gasteiger partial charge is 0.489 e. The number of amidine groups is 1. The number of nitrogens with two attached hydrogens (primary N) is 1. The summed E-state index contributed by atoms with van der Waals surface area (Å²) in [6.07, 6.45) is 0. The molecule has 0 radical (unpaired) electrons. The van der Waals surface area contributed by atoms with Gasteiger partial charge >= 0.3 is 0 Å². The first-order valence-corrected chi connectivity index (χ1v) is 6.06. The minimum Gasteiger partial charge on any atom is -0.489 e. The van der Waals surface area contributed by atoms with Crippen molar-refractivity contribution >= 4 is 17.4 Å². The highest BCUT2D eigenvalue weighted by molar-refractivity contribution is 6.30. The van der Waals surface area contributed by atoms with Gasteiger partial charge in [0.2, 0.25) is 0 Å². The maximum absolute atomic E-state index is 13.7. The van der Waals surface area contributed by atoms with Crippen LogP contribution in [0, 0.1) is 17.0 Å². The number of nitrogens with one attached hydrogen (secondary N) is 1. The minimum atomic E-state index is -0.600. The lowest BCUT2D eigenvalue weighted by Gasteiger charge is -2.08. The van der Waals surface area contributed by atoms with Crippen LogP contribution in [0.1, 0.15) is 11.1 Å². The first-order chi connectivity index (χ1) is 9.47. The van der Waals surface area contributed by atoms with Gasteiger partial charge < -0.3 is 10.5 Å². The van der Waals surface area contributed by atoms with Gasteiger partial charge in [0.05, 0.1) is 5.02 Å². The molecule has 0 amide bonds. The summed E-state index contributed by atoms with van der Waals surface area (Å²) < 4.78 is 32.2. The lowest BCUT2D eigenvalue weighted by Crippen LogP contribution is -2.12. The Balaban J connectivity index is 2.10. The van der Waals surface area contributed by atoms with Crippen LogP contribution in [-0.4, -0.2) is 5.84 Å². The third-order valence-corrected chi connectivity index (χ3v) is 2.96. The van der Waals surface area contributed by atoms with E-state index in [2.05, 4.69) is 0 Å². The van der Waals surface area contributed by atoms with Gasteiger partial charge in [0, 0.05) is 17.2 Å². The standard InChI is InChI=1S/C14H11ClF2N2O/c15-11-4-3-10(6-13(11)17)20-7-9-2-1-8(14(18)19)5-12(9)16/h1-6H,7H2,(H3,18,19). The fraction of sp³-hybridized carbons (Fsp3) is 0.0714. The molecule has 2 aromatic rings. The van der Waals surface area contributed by atoms with Gasteiger partial charge in [-0.2, -0.15) is 0 Å². The molecule has 0 atom stereocenters. The van der Waals surface area contributed by atoms with Crippen molar-refractivity contribution in [2.24, 2.45) is 5.73 Å². The molecule has 0 bridgehead atoms. The molecule has 0 saturated carbocycles. The molecule has 3 nitrogen and oxygen atoms in total. The SMILES string of the molecule is N=C(N)c1ccc(COc2ccc(Cl)c(F)c2)c(F)c1. The number of nitrogen functional groups attached to an aromatic ring is 1. The van der Waals surface area contributed by atoms with E-state index in [1.54, 1.807) is 0 Å². The van der Waals surface area contributed by atoms with Crippen LogP contribution in [0.25, 0.3) is 0 Å². The van der Waals surface area contributed by atoms with Gasteiger partial charge in [0.15, 0.2) is 0 Å². The monoisotopic (exact) mass is 296 g/mol. The van der Waals surface area contributed by atoms with E-state index >= 15 is 0 Å². The Hall–Kier alpha value is -2.14. The van der Waals surface area contributed by atoms with Crippen molar-refractivity contribution in [1.82, 2.24) is 0 Å². The molecule has 0 spiro atoms. The predicted octanol–water partition coefficient (Wildman–Crippen LogP) is 3.48. The molecule has 20 heavy (non-hydrogen) atoms. The van der Waals surface area contributed by atoms with Crippen molar-refractivity contribution in [2.75, 3.05) is 0 Å². The molecule has 0 aliphatic carbocycles. The molecule has 0 heterocycles. The lowest BCUT2D eigenvalue weighted by atomic mass is 10.1. The number of hydrogen-bond acceptors (Lipinski definition) is 2. The van der Waals surface area contributed by atoms with Gasteiger partial charge in [0.25, 0.3) is 0 Å². The van der Waals surface area contributed by atoms with Gasteiger partial charge in [-0.05, 0) is 18.2 Å². The Morgan fingerprint density at radius 3 is 2.50 bits per heavy atom. The van der Waals surface area contributed by atoms with Crippen LogP contribution in [0.3, 0.4) is 0 Å². The molecule has 0 aliphatic heterocycles. The Bertz CT molecular complexity index is 662. The maximum Gasteiger partial charge on any atom is 0.145 e. The van der Waals surface area contributed by atoms with Crippen LogP contribution in [-0.2, 0) is 6.61 Å². The number of hydrogen-bond donors (Lipinski definition) is 2. The van der Waals surface area contributed by atoms with Crippen molar-refractivity contribution in [3.8, 4) is 5.75 Å². The highest BCUT2D eigenvalue weighted by atomic mass is 35.5. The van der Waals surface area contributed by atoms with E-state index in [1.807, 2.05) is 0 Å². The van der Waals surface area contributed by atoms with E-state index in [0.717, 1.165) is 12.1 Å². The van der Waals surface area contributed by atoms with E-state index in [1.165, 1.54) is 24.3 Å². The van der Waals surface area contributed by atoms with Gasteiger partial charge in [0.1, 0.15) is 29.8 Å². The molecule has 104 valence electrons. The average molecular weight is 297 g/mol. The Morgan fingerprint density at radius 2 is 1.90 bits per heavy atom. The molecule has 2 aromatic carbocycles. The second kappa shape index (κ2) is 5.88. The van der Waals surface area contributed by atoms with Gasteiger partial charge in [-0.1, -0.05) is 23.7 Å². The van der Waals surface area contributed by atoms with E-state index in [4.69, 9.17) is 27.5 Å². The average Bonchev–Trinajstić information content (AvgIpc) is 2.41. The molecule has 0 fully saturated rings.